The van der Waals surface area contributed by atoms with Gasteiger partial charge in [-0.2, -0.15) is 0 Å². The van der Waals surface area contributed by atoms with Gasteiger partial charge < -0.3 is 5.32 Å². The molecule has 1 aliphatic rings. The van der Waals surface area contributed by atoms with E-state index in [0.717, 1.165) is 41.2 Å². The van der Waals surface area contributed by atoms with E-state index in [4.69, 9.17) is 4.98 Å². The van der Waals surface area contributed by atoms with Crippen LogP contribution in [0.1, 0.15) is 28.1 Å². The average molecular weight is 363 g/mol. The lowest BCUT2D eigenvalue weighted by atomic mass is 9.90. The Balaban J connectivity index is 1.41. The van der Waals surface area contributed by atoms with Gasteiger partial charge in [0.05, 0.1) is 11.4 Å². The first-order chi connectivity index (χ1) is 12.7. The average Bonchev–Trinajstić information content (AvgIpc) is 3.10. The van der Waals surface area contributed by atoms with Crippen LogP contribution in [-0.2, 0) is 24.2 Å². The molecule has 1 N–H and O–H groups in total. The minimum Gasteiger partial charge on any atom is -0.352 e. The van der Waals surface area contributed by atoms with Crippen molar-refractivity contribution < 1.29 is 4.79 Å². The van der Waals surface area contributed by atoms with E-state index in [0.29, 0.717) is 6.54 Å². The van der Waals surface area contributed by atoms with Crippen molar-refractivity contribution in [3.63, 3.8) is 0 Å². The van der Waals surface area contributed by atoms with Crippen LogP contribution in [0.15, 0.2) is 48.7 Å². The molecule has 0 aliphatic heterocycles. The molecule has 1 unspecified atom stereocenters. The van der Waals surface area contributed by atoms with Gasteiger partial charge in [-0.05, 0) is 43.9 Å². The van der Waals surface area contributed by atoms with Crippen molar-refractivity contribution in [3.05, 3.63) is 70.4 Å². The van der Waals surface area contributed by atoms with Crippen LogP contribution in [0, 0.1) is 12.8 Å². The molecule has 1 aromatic carbocycles. The van der Waals surface area contributed by atoms with Crippen molar-refractivity contribution in [1.82, 2.24) is 15.3 Å². The van der Waals surface area contributed by atoms with E-state index in [-0.39, 0.29) is 11.8 Å². The van der Waals surface area contributed by atoms with Crippen LogP contribution in [0.25, 0.3) is 10.7 Å². The second-order valence-electron chi connectivity index (χ2n) is 6.75. The zero-order valence-electron chi connectivity index (χ0n) is 14.7. The number of pyridine rings is 1. The Labute approximate surface area is 157 Å². The van der Waals surface area contributed by atoms with Gasteiger partial charge in [0.1, 0.15) is 5.01 Å². The standard InChI is InChI=1S/C21H21N3OS/c1-14-5-4-6-15(11-14)13-23-20(25)16-8-9-17-19(12-16)26-21(24-17)18-7-2-3-10-22-18/h2-7,10-11,16H,8-9,12-13H2,1H3,(H,23,25). The summed E-state index contributed by atoms with van der Waals surface area (Å²) in [6.45, 7) is 2.66. The molecule has 0 fully saturated rings. The summed E-state index contributed by atoms with van der Waals surface area (Å²) < 4.78 is 0. The summed E-state index contributed by atoms with van der Waals surface area (Å²) in [7, 11) is 0. The van der Waals surface area contributed by atoms with Crippen molar-refractivity contribution in [3.8, 4) is 10.7 Å². The molecule has 0 spiro atoms. The third-order valence-corrected chi connectivity index (χ3v) is 5.89. The van der Waals surface area contributed by atoms with Gasteiger partial charge in [0.2, 0.25) is 5.91 Å². The maximum atomic E-state index is 12.6. The Morgan fingerprint density at radius 2 is 2.19 bits per heavy atom. The first-order valence-corrected chi connectivity index (χ1v) is 9.74. The lowest BCUT2D eigenvalue weighted by molar-refractivity contribution is -0.125. The van der Waals surface area contributed by atoms with Crippen molar-refractivity contribution in [1.29, 1.82) is 0 Å². The van der Waals surface area contributed by atoms with Gasteiger partial charge >= 0.3 is 0 Å². The number of nitrogens with zero attached hydrogens (tertiary/aromatic N) is 2. The number of amides is 1. The van der Waals surface area contributed by atoms with Crippen molar-refractivity contribution in [2.45, 2.75) is 32.7 Å². The van der Waals surface area contributed by atoms with E-state index >= 15 is 0 Å². The molecule has 0 saturated carbocycles. The fourth-order valence-electron chi connectivity index (χ4n) is 3.35. The largest absolute Gasteiger partial charge is 0.352 e. The molecule has 2 heterocycles. The van der Waals surface area contributed by atoms with Gasteiger partial charge in [-0.15, -0.1) is 11.3 Å². The molecule has 26 heavy (non-hydrogen) atoms. The molecule has 4 nitrogen and oxygen atoms in total. The SMILES string of the molecule is Cc1cccc(CNC(=O)C2CCc3nc(-c4ccccn4)sc3C2)c1. The highest BCUT2D eigenvalue weighted by atomic mass is 32.1. The van der Waals surface area contributed by atoms with Crippen LogP contribution in [0.5, 0.6) is 0 Å². The number of hydrogen-bond acceptors (Lipinski definition) is 4. The topological polar surface area (TPSA) is 54.9 Å². The second-order valence-corrected chi connectivity index (χ2v) is 7.83. The number of aromatic nitrogens is 2. The van der Waals surface area contributed by atoms with Crippen molar-refractivity contribution >= 4 is 17.2 Å². The van der Waals surface area contributed by atoms with Crippen LogP contribution >= 0.6 is 11.3 Å². The quantitative estimate of drug-likeness (QED) is 0.764. The smallest absolute Gasteiger partial charge is 0.223 e. The number of fused-ring (bicyclic) bond motifs is 1. The zero-order chi connectivity index (χ0) is 17.9. The van der Waals surface area contributed by atoms with E-state index in [9.17, 15) is 4.79 Å². The lowest BCUT2D eigenvalue weighted by Crippen LogP contribution is -2.33. The van der Waals surface area contributed by atoms with Gasteiger partial charge in [-0.25, -0.2) is 4.98 Å². The molecule has 132 valence electrons. The summed E-state index contributed by atoms with van der Waals surface area (Å²) in [4.78, 5) is 23.0. The number of carbonyl (C=O) groups is 1. The van der Waals surface area contributed by atoms with Crippen LogP contribution < -0.4 is 5.32 Å². The number of rotatable bonds is 4. The monoisotopic (exact) mass is 363 g/mol. The first-order valence-electron chi connectivity index (χ1n) is 8.92. The van der Waals surface area contributed by atoms with E-state index in [1.165, 1.54) is 10.4 Å². The number of carbonyl (C=O) groups excluding carboxylic acids is 1. The maximum Gasteiger partial charge on any atom is 0.223 e. The molecule has 1 aliphatic carbocycles. The minimum absolute atomic E-state index is 0.0318. The molecular weight excluding hydrogens is 342 g/mol. The molecule has 0 bridgehead atoms. The van der Waals surface area contributed by atoms with Crippen LogP contribution in [0.3, 0.4) is 0 Å². The van der Waals surface area contributed by atoms with E-state index in [2.05, 4.69) is 35.4 Å². The molecular formula is C21H21N3OS. The number of aryl methyl sites for hydroxylation is 2. The molecule has 1 amide bonds. The summed E-state index contributed by atoms with van der Waals surface area (Å²) in [5.74, 6) is 0.175. The molecule has 0 saturated heterocycles. The van der Waals surface area contributed by atoms with Gasteiger partial charge in [0.25, 0.3) is 0 Å². The first kappa shape index (κ1) is 16.9. The van der Waals surface area contributed by atoms with Crippen molar-refractivity contribution in [2.75, 3.05) is 0 Å². The molecule has 2 aromatic heterocycles. The van der Waals surface area contributed by atoms with Crippen LogP contribution in [-0.4, -0.2) is 15.9 Å². The summed E-state index contributed by atoms with van der Waals surface area (Å²) in [6.07, 6.45) is 4.29. The molecule has 0 radical (unpaired) electrons. The Morgan fingerprint density at radius 3 is 3.00 bits per heavy atom. The van der Waals surface area contributed by atoms with E-state index in [1.54, 1.807) is 17.5 Å². The summed E-state index contributed by atoms with van der Waals surface area (Å²) in [6, 6.07) is 14.1. The van der Waals surface area contributed by atoms with E-state index < -0.39 is 0 Å². The fraction of sp³-hybridized carbons (Fsp3) is 0.286. The normalized spacial score (nSPS) is 16.1. The van der Waals surface area contributed by atoms with Crippen LogP contribution in [0.2, 0.25) is 0 Å². The van der Waals surface area contributed by atoms with Crippen LogP contribution in [0.4, 0.5) is 0 Å². The highest BCUT2D eigenvalue weighted by Gasteiger charge is 2.27. The number of nitrogens with one attached hydrogen (secondary N) is 1. The molecule has 1 atom stereocenters. The van der Waals surface area contributed by atoms with Gasteiger partial charge in [0, 0.05) is 23.5 Å². The Hall–Kier alpha value is -2.53. The summed E-state index contributed by atoms with van der Waals surface area (Å²) in [5.41, 5.74) is 4.40. The maximum absolute atomic E-state index is 12.6. The van der Waals surface area contributed by atoms with Gasteiger partial charge in [-0.1, -0.05) is 35.9 Å². The Morgan fingerprint density at radius 1 is 1.27 bits per heavy atom. The number of thiazole rings is 1. The molecule has 4 rings (SSSR count). The predicted octanol–water partition coefficient (Wildman–Crippen LogP) is 3.93. The van der Waals surface area contributed by atoms with Crippen molar-refractivity contribution in [2.24, 2.45) is 5.92 Å². The molecule has 3 aromatic rings. The van der Waals surface area contributed by atoms with E-state index in [1.807, 2.05) is 24.3 Å². The minimum atomic E-state index is 0.0318. The number of benzene rings is 1. The zero-order valence-corrected chi connectivity index (χ0v) is 15.6. The highest BCUT2D eigenvalue weighted by molar-refractivity contribution is 7.15. The Kier molecular flexibility index (Phi) is 4.80. The third-order valence-electron chi connectivity index (χ3n) is 4.74. The lowest BCUT2D eigenvalue weighted by Gasteiger charge is -2.20. The fourth-order valence-corrected chi connectivity index (χ4v) is 4.52. The van der Waals surface area contributed by atoms with Gasteiger partial charge in [0.15, 0.2) is 0 Å². The van der Waals surface area contributed by atoms with Gasteiger partial charge in [-0.3, -0.25) is 9.78 Å². The number of hydrogen-bond donors (Lipinski definition) is 1. The Bertz CT molecular complexity index is 920. The second kappa shape index (κ2) is 7.38. The summed E-state index contributed by atoms with van der Waals surface area (Å²) >= 11 is 1.67. The molecule has 5 heteroatoms. The third kappa shape index (κ3) is 3.68. The summed E-state index contributed by atoms with van der Waals surface area (Å²) in [5, 5.41) is 4.05. The predicted molar refractivity (Wildman–Crippen MR) is 104 cm³/mol. The highest BCUT2D eigenvalue weighted by Crippen LogP contribution is 2.34.